The predicted octanol–water partition coefficient (Wildman–Crippen LogP) is 7.87. The average Bonchev–Trinajstić information content (AvgIpc) is 3.32. The van der Waals surface area contributed by atoms with E-state index in [0.717, 1.165) is 56.3 Å². The minimum Gasteiger partial charge on any atom is -0.478 e. The number of carbonyl (C=O) groups excluding carboxylic acids is 1. The summed E-state index contributed by atoms with van der Waals surface area (Å²) in [6, 6.07) is 7.50. The van der Waals surface area contributed by atoms with Gasteiger partial charge >= 0.3 is 5.97 Å². The number of benzene rings is 1. The predicted molar refractivity (Wildman–Crippen MR) is 194 cm³/mol. The number of hydrogen-bond acceptors (Lipinski definition) is 5. The number of nitrogens with one attached hydrogen (secondary N) is 1. The quantitative estimate of drug-likeness (QED) is 0.234. The molecule has 3 saturated carbocycles. The van der Waals surface area contributed by atoms with E-state index in [1.165, 1.54) is 24.0 Å². The lowest BCUT2D eigenvalue weighted by atomic mass is 9.33. The van der Waals surface area contributed by atoms with Gasteiger partial charge in [-0.25, -0.2) is 4.79 Å². The van der Waals surface area contributed by atoms with Crippen LogP contribution in [-0.4, -0.2) is 66.7 Å². The molecule has 0 aromatic heterocycles. The highest BCUT2D eigenvalue weighted by atomic mass is 16.4. The Balaban J connectivity index is 1.34. The van der Waals surface area contributed by atoms with Crippen LogP contribution in [0.2, 0.25) is 0 Å². The first-order valence-corrected chi connectivity index (χ1v) is 18.8. The first kappa shape index (κ1) is 35.5. The molecule has 0 amide bonds. The summed E-state index contributed by atoms with van der Waals surface area (Å²) < 4.78 is 0. The van der Waals surface area contributed by atoms with Gasteiger partial charge in [-0.3, -0.25) is 4.79 Å². The zero-order valence-corrected chi connectivity index (χ0v) is 31.2. The molecule has 1 aromatic rings. The van der Waals surface area contributed by atoms with Gasteiger partial charge in [-0.2, -0.15) is 0 Å². The summed E-state index contributed by atoms with van der Waals surface area (Å²) in [7, 11) is 4.14. The molecule has 264 valence electrons. The number of Topliss-reactive ketones (excluding diaryl/α,β-unsaturated/α-hetero) is 1. The van der Waals surface area contributed by atoms with Crippen molar-refractivity contribution in [2.45, 2.75) is 106 Å². The molecule has 5 aliphatic rings. The van der Waals surface area contributed by atoms with E-state index in [-0.39, 0.29) is 33.4 Å². The number of nitrogens with zero attached hydrogens (tertiary/aromatic N) is 1. The molecular formula is C42H62N2O4. The Morgan fingerprint density at radius 1 is 0.958 bits per heavy atom. The molecule has 0 spiro atoms. The normalized spacial score (nSPS) is 37.9. The lowest BCUT2D eigenvalue weighted by molar-refractivity contribution is -0.200. The Bertz CT molecular complexity index is 1510. The molecule has 3 N–H and O–H groups in total. The van der Waals surface area contributed by atoms with Crippen LogP contribution in [0, 0.1) is 50.7 Å². The number of hydrogen-bond donors (Lipinski definition) is 3. The summed E-state index contributed by atoms with van der Waals surface area (Å²) >= 11 is 0. The van der Waals surface area contributed by atoms with Gasteiger partial charge < -0.3 is 20.4 Å². The summed E-state index contributed by atoms with van der Waals surface area (Å²) in [5.41, 5.74) is 5.09. The maximum absolute atomic E-state index is 13.9. The SMILES string of the molecule is CC(C)C1=C2C3CCC4[C@@]5(C)CC=C(c6ccc(C(=O)O)cc6)C(C)(C)C5CC[C@@]4(C)[C@]3(C)CC[C@@]2(C(O)CNCCN(C)C)CC1=O. The molecule has 4 unspecified atom stereocenters. The Hall–Kier alpha value is -2.28. The molecular weight excluding hydrogens is 596 g/mol. The maximum atomic E-state index is 13.9. The van der Waals surface area contributed by atoms with Crippen molar-refractivity contribution in [2.24, 2.45) is 50.7 Å². The molecule has 48 heavy (non-hydrogen) atoms. The molecule has 0 heterocycles. The van der Waals surface area contributed by atoms with Gasteiger partial charge in [0.25, 0.3) is 0 Å². The number of likely N-dealkylation sites (N-methyl/N-ethyl adjacent to an activating group) is 1. The van der Waals surface area contributed by atoms with Crippen LogP contribution in [0.5, 0.6) is 0 Å². The molecule has 0 saturated heterocycles. The first-order valence-electron chi connectivity index (χ1n) is 18.8. The van der Waals surface area contributed by atoms with Gasteiger partial charge in [0.1, 0.15) is 0 Å². The number of aliphatic hydroxyl groups is 1. The van der Waals surface area contributed by atoms with Crippen LogP contribution in [0.25, 0.3) is 5.57 Å². The van der Waals surface area contributed by atoms with Crippen LogP contribution in [-0.2, 0) is 4.79 Å². The highest BCUT2D eigenvalue weighted by Crippen LogP contribution is 2.77. The summed E-state index contributed by atoms with van der Waals surface area (Å²) in [6.07, 6.45) is 9.98. The lowest BCUT2D eigenvalue weighted by Crippen LogP contribution is -2.64. The number of allylic oxidation sites excluding steroid dienone is 3. The molecule has 6 rings (SSSR count). The van der Waals surface area contributed by atoms with Crippen molar-refractivity contribution in [3.8, 4) is 0 Å². The summed E-state index contributed by atoms with van der Waals surface area (Å²) in [4.78, 5) is 27.6. The summed E-state index contributed by atoms with van der Waals surface area (Å²) in [5.74, 6) is 0.981. The number of aliphatic hydroxyl groups excluding tert-OH is 1. The van der Waals surface area contributed by atoms with E-state index in [4.69, 9.17) is 0 Å². The number of rotatable bonds is 9. The monoisotopic (exact) mass is 658 g/mol. The number of aromatic carboxylic acids is 1. The van der Waals surface area contributed by atoms with E-state index in [1.807, 2.05) is 12.1 Å². The van der Waals surface area contributed by atoms with E-state index < -0.39 is 17.5 Å². The minimum absolute atomic E-state index is 0.0343. The standard InChI is InChI=1S/C42H62N2O4/c1-26(2)35-31(45)24-42(34(46)25-43-22-23-44(8)9)21-20-40(6)30(36(35)42)14-15-33-39(5)18-16-29(27-10-12-28(13-11-27)37(47)48)38(3,4)32(39)17-19-41(33,40)7/h10-13,16,26,30,32-34,43,46H,14-15,17-25H2,1-9H3,(H,47,48)/t30?,32?,33?,34?,39-,40+,41+,42-/m0/s1. The van der Waals surface area contributed by atoms with Crippen molar-refractivity contribution in [2.75, 3.05) is 33.7 Å². The third-order valence-electron chi connectivity index (χ3n) is 15.2. The van der Waals surface area contributed by atoms with Crippen molar-refractivity contribution in [1.29, 1.82) is 0 Å². The van der Waals surface area contributed by atoms with E-state index in [1.54, 1.807) is 12.1 Å². The average molecular weight is 659 g/mol. The topological polar surface area (TPSA) is 89.9 Å². The molecule has 6 heteroatoms. The lowest BCUT2D eigenvalue weighted by Gasteiger charge is -2.71. The Morgan fingerprint density at radius 3 is 2.27 bits per heavy atom. The number of ketones is 1. The molecule has 8 atom stereocenters. The molecule has 6 nitrogen and oxygen atoms in total. The van der Waals surface area contributed by atoms with Crippen LogP contribution < -0.4 is 5.32 Å². The van der Waals surface area contributed by atoms with Gasteiger partial charge in [0.05, 0.1) is 11.7 Å². The fourth-order valence-corrected chi connectivity index (χ4v) is 12.7. The highest BCUT2D eigenvalue weighted by molar-refractivity contribution is 6.00. The molecule has 0 bridgehead atoms. The zero-order valence-electron chi connectivity index (χ0n) is 31.2. The highest BCUT2D eigenvalue weighted by Gasteiger charge is 2.70. The van der Waals surface area contributed by atoms with Crippen LogP contribution >= 0.6 is 0 Å². The third-order valence-corrected chi connectivity index (χ3v) is 15.2. The smallest absolute Gasteiger partial charge is 0.335 e. The number of carboxylic acids is 1. The Kier molecular flexibility index (Phi) is 9.03. The fourth-order valence-electron chi connectivity index (χ4n) is 12.7. The van der Waals surface area contributed by atoms with Gasteiger partial charge in [0.2, 0.25) is 0 Å². The number of fused-ring (bicyclic) bond motifs is 7. The van der Waals surface area contributed by atoms with Crippen molar-refractivity contribution >= 4 is 17.3 Å². The largest absolute Gasteiger partial charge is 0.478 e. The second-order valence-electron chi connectivity index (χ2n) is 18.3. The summed E-state index contributed by atoms with van der Waals surface area (Å²) in [5, 5.41) is 25.0. The minimum atomic E-state index is -0.883. The van der Waals surface area contributed by atoms with Gasteiger partial charge in [-0.1, -0.05) is 72.2 Å². The van der Waals surface area contributed by atoms with Crippen molar-refractivity contribution in [3.05, 3.63) is 52.6 Å². The van der Waals surface area contributed by atoms with Crippen molar-refractivity contribution in [1.82, 2.24) is 10.2 Å². The van der Waals surface area contributed by atoms with Crippen LogP contribution in [0.15, 0.2) is 41.5 Å². The van der Waals surface area contributed by atoms with Crippen molar-refractivity contribution < 1.29 is 19.8 Å². The first-order chi connectivity index (χ1) is 22.4. The molecule has 3 fully saturated rings. The fraction of sp³-hybridized carbons (Fsp3) is 0.714. The molecule has 0 aliphatic heterocycles. The molecule has 5 aliphatic carbocycles. The van der Waals surface area contributed by atoms with E-state index in [9.17, 15) is 19.8 Å². The van der Waals surface area contributed by atoms with Crippen LogP contribution in [0.1, 0.15) is 116 Å². The summed E-state index contributed by atoms with van der Waals surface area (Å²) in [6.45, 7) is 19.3. The second-order valence-corrected chi connectivity index (χ2v) is 18.3. The van der Waals surface area contributed by atoms with Crippen LogP contribution in [0.4, 0.5) is 0 Å². The number of carbonyl (C=O) groups is 2. The Morgan fingerprint density at radius 2 is 1.65 bits per heavy atom. The molecule has 0 radical (unpaired) electrons. The third kappa shape index (κ3) is 5.13. The van der Waals surface area contributed by atoms with Gasteiger partial charge in [0, 0.05) is 31.5 Å². The van der Waals surface area contributed by atoms with E-state index in [0.29, 0.717) is 36.3 Å². The van der Waals surface area contributed by atoms with Gasteiger partial charge in [-0.15, -0.1) is 0 Å². The number of carboxylic acid groups (broad SMARTS) is 1. The van der Waals surface area contributed by atoms with E-state index in [2.05, 4.69) is 78.9 Å². The van der Waals surface area contributed by atoms with Crippen LogP contribution in [0.3, 0.4) is 0 Å². The van der Waals surface area contributed by atoms with Gasteiger partial charge in [0.15, 0.2) is 5.78 Å². The maximum Gasteiger partial charge on any atom is 0.335 e. The zero-order chi connectivity index (χ0) is 35.0. The van der Waals surface area contributed by atoms with Crippen molar-refractivity contribution in [3.63, 3.8) is 0 Å². The molecule has 1 aromatic carbocycles. The second kappa shape index (κ2) is 12.2. The Labute approximate surface area is 289 Å². The van der Waals surface area contributed by atoms with E-state index >= 15 is 0 Å². The van der Waals surface area contributed by atoms with Gasteiger partial charge in [-0.05, 0) is 133 Å².